The topological polar surface area (TPSA) is 0 Å². The molecule has 0 radical (unpaired) electrons. The van der Waals surface area contributed by atoms with E-state index in [0.29, 0.717) is 7.25 Å². The monoisotopic (exact) mass is 744 g/mol. The van der Waals surface area contributed by atoms with Gasteiger partial charge in [0.15, 0.2) is 0 Å². The third kappa shape index (κ3) is 4.84. The van der Waals surface area contributed by atoms with Crippen molar-refractivity contribution >= 4 is 86.7 Å². The summed E-state index contributed by atoms with van der Waals surface area (Å²) in [6.45, 7) is 7.26. The summed E-state index contributed by atoms with van der Waals surface area (Å²) in [7, 11) is 0. The zero-order chi connectivity index (χ0) is 28.8. The Hall–Kier alpha value is -2.04. The van der Waals surface area contributed by atoms with Crippen molar-refractivity contribution in [3.05, 3.63) is 130 Å². The summed E-state index contributed by atoms with van der Waals surface area (Å²) in [5.41, 5.74) is 12.0. The summed E-state index contributed by atoms with van der Waals surface area (Å²) in [6, 6.07) is 36.6. The molecule has 2 unspecified atom stereocenters. The summed E-state index contributed by atoms with van der Waals surface area (Å²) in [5.74, 6) is 0. The molecule has 0 nitrogen and oxygen atoms in total. The van der Waals surface area contributed by atoms with Gasteiger partial charge in [-0.2, -0.15) is 0 Å². The van der Waals surface area contributed by atoms with Crippen molar-refractivity contribution in [3.63, 3.8) is 0 Å². The SMILES string of the molecule is CC1=Cc2c(-c3cc4ccccc4s3)cccc2[CH]1[Zr]([CH3])([CH3])(=[SiH2])[CH]1C(C)=Cc2c(-c3cc4ccccc4s3)cccc21.Cl.Cl. The molecule has 2 aliphatic carbocycles. The van der Waals surface area contributed by atoms with Gasteiger partial charge in [0, 0.05) is 0 Å². The quantitative estimate of drug-likeness (QED) is 0.158. The van der Waals surface area contributed by atoms with Crippen molar-refractivity contribution in [3.8, 4) is 20.9 Å². The van der Waals surface area contributed by atoms with E-state index in [1.54, 1.807) is 22.3 Å². The van der Waals surface area contributed by atoms with Crippen LogP contribution in [0, 0.1) is 0 Å². The Bertz CT molecular complexity index is 2010. The molecule has 0 amide bonds. The third-order valence-corrected chi connectivity index (χ3v) is 30.1. The fourth-order valence-corrected chi connectivity index (χ4v) is 31.9. The first-order valence-electron chi connectivity index (χ1n) is 14.9. The van der Waals surface area contributed by atoms with Gasteiger partial charge in [-0.1, -0.05) is 0 Å². The first kappa shape index (κ1) is 31.9. The number of hydrogen-bond acceptors (Lipinski definition) is 2. The van der Waals surface area contributed by atoms with E-state index in [1.807, 2.05) is 22.7 Å². The molecule has 0 spiro atoms. The average Bonchev–Trinajstić information content (AvgIpc) is 3.73. The molecule has 0 aliphatic heterocycles. The van der Waals surface area contributed by atoms with Gasteiger partial charge >= 0.3 is 261 Å². The van der Waals surface area contributed by atoms with Crippen LogP contribution in [-0.4, -0.2) is 6.88 Å². The van der Waals surface area contributed by atoms with Crippen molar-refractivity contribution < 1.29 is 17.4 Å². The van der Waals surface area contributed by atoms with Crippen LogP contribution in [0.4, 0.5) is 0 Å². The molecule has 2 heterocycles. The van der Waals surface area contributed by atoms with Crippen molar-refractivity contribution in [2.75, 3.05) is 0 Å². The van der Waals surface area contributed by atoms with Crippen LogP contribution in [0.1, 0.15) is 43.4 Å². The van der Waals surface area contributed by atoms with E-state index in [9.17, 15) is 0 Å². The molecule has 6 heteroatoms. The largest absolute Gasteiger partial charge is 0.147 e. The number of halogens is 2. The van der Waals surface area contributed by atoms with E-state index in [1.165, 1.54) is 52.2 Å². The molecule has 2 aliphatic rings. The van der Waals surface area contributed by atoms with E-state index < -0.39 is 17.4 Å². The Balaban J connectivity index is 0.00000171. The fraction of sp³-hybridized carbons (Fsp3) is 0.158. The minimum Gasteiger partial charge on any atom is -0.147 e. The normalized spacial score (nSPS) is 17.5. The van der Waals surface area contributed by atoms with E-state index in [4.69, 9.17) is 0 Å². The number of thiophene rings is 2. The average molecular weight is 747 g/mol. The van der Waals surface area contributed by atoms with Crippen LogP contribution in [0.3, 0.4) is 0 Å². The molecule has 4 aromatic carbocycles. The van der Waals surface area contributed by atoms with Crippen LogP contribution in [0.5, 0.6) is 0 Å². The maximum absolute atomic E-state index is 3.56. The molecule has 0 fully saturated rings. The Morgan fingerprint density at radius 1 is 0.568 bits per heavy atom. The Labute approximate surface area is 283 Å². The van der Waals surface area contributed by atoms with Crippen LogP contribution in [0.2, 0.25) is 9.26 Å². The molecular formula is C38H36Cl2S2SiZr. The van der Waals surface area contributed by atoms with E-state index in [0.717, 1.165) is 0 Å². The van der Waals surface area contributed by atoms with Crippen LogP contribution in [0.25, 0.3) is 53.2 Å². The second-order valence-corrected chi connectivity index (χ2v) is 46.1. The van der Waals surface area contributed by atoms with Gasteiger partial charge in [-0.25, -0.2) is 0 Å². The molecule has 44 heavy (non-hydrogen) atoms. The van der Waals surface area contributed by atoms with Crippen LogP contribution >= 0.6 is 47.5 Å². The van der Waals surface area contributed by atoms with Gasteiger partial charge in [0.25, 0.3) is 0 Å². The van der Waals surface area contributed by atoms with Crippen LogP contribution < -0.4 is 0 Å². The van der Waals surface area contributed by atoms with Gasteiger partial charge in [-0.05, 0) is 0 Å². The van der Waals surface area contributed by atoms with E-state index in [-0.39, 0.29) is 24.8 Å². The Kier molecular flexibility index (Phi) is 8.22. The van der Waals surface area contributed by atoms with E-state index >= 15 is 0 Å². The van der Waals surface area contributed by atoms with Gasteiger partial charge in [0.2, 0.25) is 0 Å². The maximum Gasteiger partial charge on any atom is -0.147 e. The smallest absolute Gasteiger partial charge is 0.147 e. The molecule has 2 aromatic heterocycles. The predicted molar refractivity (Wildman–Crippen MR) is 202 cm³/mol. The number of hydrogen-bond donors (Lipinski definition) is 0. The van der Waals surface area contributed by atoms with Gasteiger partial charge in [0.05, 0.1) is 0 Å². The van der Waals surface area contributed by atoms with Crippen molar-refractivity contribution in [1.82, 2.24) is 0 Å². The fourth-order valence-electron chi connectivity index (χ4n) is 8.45. The van der Waals surface area contributed by atoms with Crippen LogP contribution in [0.15, 0.2) is 108 Å². The maximum atomic E-state index is 2.74. The summed E-state index contributed by atoms with van der Waals surface area (Å²) in [4.78, 5) is 2.77. The van der Waals surface area contributed by atoms with Gasteiger partial charge in [-0.15, -0.1) is 24.8 Å². The molecule has 6 aromatic rings. The zero-order valence-corrected chi connectivity index (χ0v) is 32.5. The van der Waals surface area contributed by atoms with Gasteiger partial charge in [0.1, 0.15) is 0 Å². The van der Waals surface area contributed by atoms with Crippen molar-refractivity contribution in [1.29, 1.82) is 0 Å². The summed E-state index contributed by atoms with van der Waals surface area (Å²) < 4.78 is 9.28. The predicted octanol–water partition coefficient (Wildman–Crippen LogP) is 12.2. The molecule has 0 bridgehead atoms. The number of rotatable bonds is 4. The number of benzene rings is 4. The molecule has 0 saturated carbocycles. The summed E-state index contributed by atoms with van der Waals surface area (Å²) >= 11 is 0.287. The van der Waals surface area contributed by atoms with Crippen LogP contribution in [-0.2, 0) is 17.4 Å². The third-order valence-electron chi connectivity index (χ3n) is 9.83. The first-order valence-corrected chi connectivity index (χ1v) is 30.2. The summed E-state index contributed by atoms with van der Waals surface area (Å²) in [6.07, 6.45) is 5.08. The zero-order valence-electron chi connectivity index (χ0n) is 25.4. The Morgan fingerprint density at radius 3 is 1.39 bits per heavy atom. The minimum absolute atomic E-state index is 0. The first-order chi connectivity index (χ1) is 20.2. The van der Waals surface area contributed by atoms with Gasteiger partial charge < -0.3 is 0 Å². The molecule has 222 valence electrons. The summed E-state index contributed by atoms with van der Waals surface area (Å²) in [5, 5.41) is 2.69. The van der Waals surface area contributed by atoms with Gasteiger partial charge in [-0.3, -0.25) is 0 Å². The van der Waals surface area contributed by atoms with Crippen molar-refractivity contribution in [2.45, 2.75) is 30.4 Å². The molecular weight excluding hydrogens is 711 g/mol. The Morgan fingerprint density at radius 2 is 0.977 bits per heavy atom. The van der Waals surface area contributed by atoms with E-state index in [2.05, 4.69) is 139 Å². The number of fused-ring (bicyclic) bond motifs is 4. The molecule has 0 N–H and O–H groups in total. The van der Waals surface area contributed by atoms with Crippen molar-refractivity contribution in [2.24, 2.45) is 0 Å². The molecule has 2 atom stereocenters. The molecule has 0 saturated heterocycles. The number of allylic oxidation sites excluding steroid dienone is 2. The standard InChI is InChI=1S/2C18H13S.2CH3.2ClH.H2Si.Zr/c2*1-12-9-13-6-4-7-15(16(13)10-12)18-11-14-5-2-3-8-17(14)19-18;;;;;;/h2*2-11H,1H3;2*1H3;2*1H;1H2;. The molecule has 8 rings (SSSR count). The second-order valence-electron chi connectivity index (χ2n) is 13.5. The minimum atomic E-state index is -3.56. The second kappa shape index (κ2) is 11.3.